The number of aryl methyl sites for hydroxylation is 1. The normalized spacial score (nSPS) is 20.5. The third kappa shape index (κ3) is 3.35. The molecule has 0 spiro atoms. The minimum atomic E-state index is -4.32. The molecule has 1 unspecified atom stereocenters. The van der Waals surface area contributed by atoms with Gasteiger partial charge in [-0.1, -0.05) is 0 Å². The van der Waals surface area contributed by atoms with Crippen LogP contribution in [0, 0.1) is 12.8 Å². The van der Waals surface area contributed by atoms with Crippen LogP contribution in [-0.2, 0) is 0 Å². The number of carbonyl (C=O) groups is 1. The lowest BCUT2D eigenvalue weighted by molar-refractivity contribution is -0.189. The molecule has 8 heteroatoms. The van der Waals surface area contributed by atoms with Gasteiger partial charge in [-0.2, -0.15) is 13.2 Å². The molecule has 2 amide bonds. The average molecular weight is 331 g/mol. The molecule has 128 valence electrons. The summed E-state index contributed by atoms with van der Waals surface area (Å²) in [7, 11) is 1.48. The standard InChI is InChI=1S/C15H20F3N3O2/c1-9-10(5-6-12(19-9)23-4)20-13(22)21-8-7-11(14(21,2)3)15(16,17)18/h5-6,11H,7-8H2,1-4H3,(H,20,22). The molecular weight excluding hydrogens is 311 g/mol. The van der Waals surface area contributed by atoms with E-state index in [9.17, 15) is 18.0 Å². The van der Waals surface area contributed by atoms with Crippen LogP contribution in [-0.4, -0.2) is 41.3 Å². The van der Waals surface area contributed by atoms with E-state index in [1.165, 1.54) is 25.9 Å². The Labute approximate surface area is 132 Å². The van der Waals surface area contributed by atoms with Crippen molar-refractivity contribution >= 4 is 11.7 Å². The van der Waals surface area contributed by atoms with Crippen molar-refractivity contribution in [3.63, 3.8) is 0 Å². The van der Waals surface area contributed by atoms with Crippen LogP contribution in [0.4, 0.5) is 23.7 Å². The van der Waals surface area contributed by atoms with E-state index in [2.05, 4.69) is 10.3 Å². The van der Waals surface area contributed by atoms with Crippen molar-refractivity contribution in [2.24, 2.45) is 5.92 Å². The second-order valence-electron chi connectivity index (χ2n) is 6.10. The number of nitrogens with one attached hydrogen (secondary N) is 1. The summed E-state index contributed by atoms with van der Waals surface area (Å²) < 4.78 is 44.2. The molecule has 0 aromatic carbocycles. The SMILES string of the molecule is COc1ccc(NC(=O)N2CCC(C(F)(F)F)C2(C)C)c(C)n1. The maximum atomic E-state index is 13.1. The number of urea groups is 1. The van der Waals surface area contributed by atoms with Crippen LogP contribution in [0.15, 0.2) is 12.1 Å². The Bertz CT molecular complexity index is 602. The third-order valence-electron chi connectivity index (χ3n) is 4.34. The van der Waals surface area contributed by atoms with Crippen LogP contribution in [0.3, 0.4) is 0 Å². The molecule has 1 atom stereocenters. The van der Waals surface area contributed by atoms with Crippen molar-refractivity contribution in [3.05, 3.63) is 17.8 Å². The van der Waals surface area contributed by atoms with E-state index in [0.29, 0.717) is 17.3 Å². The molecular formula is C15H20F3N3O2. The first-order chi connectivity index (χ1) is 10.6. The minimum Gasteiger partial charge on any atom is -0.481 e. The largest absolute Gasteiger partial charge is 0.481 e. The van der Waals surface area contributed by atoms with Crippen LogP contribution < -0.4 is 10.1 Å². The lowest BCUT2D eigenvalue weighted by Gasteiger charge is -2.36. The van der Waals surface area contributed by atoms with E-state index in [-0.39, 0.29) is 13.0 Å². The van der Waals surface area contributed by atoms with Gasteiger partial charge in [0.25, 0.3) is 0 Å². The zero-order valence-corrected chi connectivity index (χ0v) is 13.5. The van der Waals surface area contributed by atoms with Gasteiger partial charge in [0.05, 0.1) is 29.9 Å². The lowest BCUT2D eigenvalue weighted by Crippen LogP contribution is -2.51. The number of pyridine rings is 1. The summed E-state index contributed by atoms with van der Waals surface area (Å²) in [5.41, 5.74) is -0.319. The van der Waals surface area contributed by atoms with Crippen LogP contribution in [0.1, 0.15) is 26.0 Å². The molecule has 23 heavy (non-hydrogen) atoms. The predicted molar refractivity (Wildman–Crippen MR) is 79.5 cm³/mol. The van der Waals surface area contributed by atoms with E-state index >= 15 is 0 Å². The number of nitrogens with zero attached hydrogens (tertiary/aromatic N) is 2. The lowest BCUT2D eigenvalue weighted by atomic mass is 9.88. The first-order valence-corrected chi connectivity index (χ1v) is 7.24. The van der Waals surface area contributed by atoms with E-state index in [0.717, 1.165) is 0 Å². The quantitative estimate of drug-likeness (QED) is 0.901. The summed E-state index contributed by atoms with van der Waals surface area (Å²) in [6.45, 7) is 4.63. The fourth-order valence-corrected chi connectivity index (χ4v) is 2.98. The maximum absolute atomic E-state index is 13.1. The minimum absolute atomic E-state index is 0.0612. The molecule has 2 rings (SSSR count). The molecule has 0 aliphatic carbocycles. The summed E-state index contributed by atoms with van der Waals surface area (Å²) in [6, 6.07) is 2.64. The second kappa shape index (κ2) is 5.90. The molecule has 1 saturated heterocycles. The van der Waals surface area contributed by atoms with Gasteiger partial charge in [0, 0.05) is 12.6 Å². The van der Waals surface area contributed by atoms with Crippen molar-refractivity contribution in [1.29, 1.82) is 0 Å². The summed E-state index contributed by atoms with van der Waals surface area (Å²) in [5, 5.41) is 2.63. The molecule has 1 aromatic rings. The fraction of sp³-hybridized carbons (Fsp3) is 0.600. The average Bonchev–Trinajstić information content (AvgIpc) is 2.76. The summed E-state index contributed by atoms with van der Waals surface area (Å²) in [4.78, 5) is 17.8. The summed E-state index contributed by atoms with van der Waals surface area (Å²) in [5.74, 6) is -1.13. The highest BCUT2D eigenvalue weighted by Gasteiger charge is 2.56. The molecule has 1 fully saturated rings. The van der Waals surface area contributed by atoms with Crippen molar-refractivity contribution in [2.45, 2.75) is 38.9 Å². The van der Waals surface area contributed by atoms with Crippen molar-refractivity contribution in [3.8, 4) is 5.88 Å². The van der Waals surface area contributed by atoms with Crippen LogP contribution >= 0.6 is 0 Å². The molecule has 1 aliphatic rings. The number of aromatic nitrogens is 1. The van der Waals surface area contributed by atoms with Crippen molar-refractivity contribution in [2.75, 3.05) is 19.0 Å². The highest BCUT2D eigenvalue weighted by Crippen LogP contribution is 2.44. The Morgan fingerprint density at radius 3 is 2.57 bits per heavy atom. The number of halogens is 3. The topological polar surface area (TPSA) is 54.5 Å². The number of rotatable bonds is 2. The number of methoxy groups -OCH3 is 1. The molecule has 1 aromatic heterocycles. The number of ether oxygens (including phenoxy) is 1. The smallest absolute Gasteiger partial charge is 0.394 e. The molecule has 0 saturated carbocycles. The van der Waals surface area contributed by atoms with Gasteiger partial charge in [-0.3, -0.25) is 0 Å². The Morgan fingerprint density at radius 1 is 1.43 bits per heavy atom. The summed E-state index contributed by atoms with van der Waals surface area (Å²) in [6.07, 6.45) is -4.42. The number of hydrogen-bond donors (Lipinski definition) is 1. The molecule has 1 aliphatic heterocycles. The summed E-state index contributed by atoms with van der Waals surface area (Å²) >= 11 is 0. The van der Waals surface area contributed by atoms with Gasteiger partial charge >= 0.3 is 12.2 Å². The monoisotopic (exact) mass is 331 g/mol. The first-order valence-electron chi connectivity index (χ1n) is 7.24. The highest BCUT2D eigenvalue weighted by molar-refractivity contribution is 5.90. The van der Waals surface area contributed by atoms with Gasteiger partial charge in [-0.05, 0) is 33.3 Å². The molecule has 0 radical (unpaired) electrons. The Balaban J connectivity index is 2.16. The van der Waals surface area contributed by atoms with Gasteiger partial charge in [-0.25, -0.2) is 9.78 Å². The van der Waals surface area contributed by atoms with Crippen LogP contribution in [0.2, 0.25) is 0 Å². The number of amides is 2. The van der Waals surface area contributed by atoms with Crippen molar-refractivity contribution in [1.82, 2.24) is 9.88 Å². The van der Waals surface area contributed by atoms with Gasteiger partial charge in [0.2, 0.25) is 5.88 Å². The van der Waals surface area contributed by atoms with Gasteiger partial charge in [-0.15, -0.1) is 0 Å². The third-order valence-corrected chi connectivity index (χ3v) is 4.34. The number of hydrogen-bond acceptors (Lipinski definition) is 3. The highest BCUT2D eigenvalue weighted by atomic mass is 19.4. The first kappa shape index (κ1) is 17.4. The number of anilines is 1. The molecule has 5 nitrogen and oxygen atoms in total. The fourth-order valence-electron chi connectivity index (χ4n) is 2.98. The molecule has 0 bridgehead atoms. The maximum Gasteiger partial charge on any atom is 0.394 e. The Morgan fingerprint density at radius 2 is 2.09 bits per heavy atom. The van der Waals surface area contributed by atoms with Gasteiger partial charge in [0.15, 0.2) is 0 Å². The van der Waals surface area contributed by atoms with E-state index in [4.69, 9.17) is 4.74 Å². The zero-order chi connectivity index (χ0) is 17.4. The molecule has 2 heterocycles. The van der Waals surface area contributed by atoms with Crippen molar-refractivity contribution < 1.29 is 22.7 Å². The van der Waals surface area contributed by atoms with E-state index < -0.39 is 23.7 Å². The van der Waals surface area contributed by atoms with Crippen LogP contribution in [0.25, 0.3) is 0 Å². The molecule has 1 N–H and O–H groups in total. The van der Waals surface area contributed by atoms with E-state index in [1.807, 2.05) is 0 Å². The number of likely N-dealkylation sites (tertiary alicyclic amines) is 1. The predicted octanol–water partition coefficient (Wildman–Crippen LogP) is 3.59. The van der Waals surface area contributed by atoms with Crippen LogP contribution in [0.5, 0.6) is 5.88 Å². The Hall–Kier alpha value is -1.99. The second-order valence-corrected chi connectivity index (χ2v) is 6.10. The van der Waals surface area contributed by atoms with Gasteiger partial charge < -0.3 is 15.0 Å². The number of alkyl halides is 3. The Kier molecular flexibility index (Phi) is 4.45. The van der Waals surface area contributed by atoms with Gasteiger partial charge in [0.1, 0.15) is 0 Å². The zero-order valence-electron chi connectivity index (χ0n) is 13.5. The number of carbonyl (C=O) groups excluding carboxylic acids is 1. The van der Waals surface area contributed by atoms with E-state index in [1.54, 1.807) is 19.1 Å².